The monoisotopic (exact) mass is 418 g/mol. The van der Waals surface area contributed by atoms with Gasteiger partial charge in [0.15, 0.2) is 0 Å². The zero-order valence-corrected chi connectivity index (χ0v) is 16.2. The van der Waals surface area contributed by atoms with Crippen molar-refractivity contribution in [2.24, 2.45) is 0 Å². The van der Waals surface area contributed by atoms with Crippen LogP contribution in [0.2, 0.25) is 5.02 Å². The Morgan fingerprint density at radius 1 is 1.26 bits per heavy atom. The smallest absolute Gasteiger partial charge is 0.416 e. The average molecular weight is 419 g/mol. The van der Waals surface area contributed by atoms with Gasteiger partial charge in [-0.15, -0.1) is 11.8 Å². The molecule has 1 atom stereocenters. The second-order valence-electron chi connectivity index (χ2n) is 5.86. The van der Waals surface area contributed by atoms with Gasteiger partial charge in [0.2, 0.25) is 0 Å². The first-order valence-electron chi connectivity index (χ1n) is 8.18. The van der Waals surface area contributed by atoms with Crippen molar-refractivity contribution in [1.29, 1.82) is 0 Å². The highest BCUT2D eigenvalue weighted by Crippen LogP contribution is 2.38. The van der Waals surface area contributed by atoms with Gasteiger partial charge in [-0.05, 0) is 49.2 Å². The minimum atomic E-state index is -4.49. The Morgan fingerprint density at radius 3 is 2.52 bits per heavy atom. The molecular formula is C19H18ClF3O3S. The molecule has 0 heterocycles. The summed E-state index contributed by atoms with van der Waals surface area (Å²) in [4.78, 5) is 11.9. The third-order valence-electron chi connectivity index (χ3n) is 3.70. The van der Waals surface area contributed by atoms with E-state index in [1.807, 2.05) is 13.0 Å². The highest BCUT2D eigenvalue weighted by molar-refractivity contribution is 8.00. The maximum atomic E-state index is 12.7. The van der Waals surface area contributed by atoms with Gasteiger partial charge >= 0.3 is 12.1 Å². The van der Waals surface area contributed by atoms with E-state index >= 15 is 0 Å². The number of aryl methyl sites for hydroxylation is 1. The van der Waals surface area contributed by atoms with Crippen molar-refractivity contribution in [2.75, 3.05) is 0 Å². The number of rotatable bonds is 7. The molecule has 0 aliphatic heterocycles. The van der Waals surface area contributed by atoms with Crippen LogP contribution in [0.15, 0.2) is 41.3 Å². The predicted octanol–water partition coefficient (Wildman–Crippen LogP) is 6.67. The summed E-state index contributed by atoms with van der Waals surface area (Å²) in [5.41, 5.74) is 0.131. The SMILES string of the molecule is CCCc1ccc(Oc2ccc(C(F)(F)F)cc2Cl)cc1SC(C)C(=O)O. The van der Waals surface area contributed by atoms with Crippen LogP contribution in [0.5, 0.6) is 11.5 Å². The van der Waals surface area contributed by atoms with Gasteiger partial charge in [0, 0.05) is 4.90 Å². The van der Waals surface area contributed by atoms with Crippen LogP contribution in [0.3, 0.4) is 0 Å². The summed E-state index contributed by atoms with van der Waals surface area (Å²) in [5.74, 6) is -0.466. The van der Waals surface area contributed by atoms with Crippen LogP contribution in [-0.4, -0.2) is 16.3 Å². The molecule has 8 heteroatoms. The van der Waals surface area contributed by atoms with Crippen LogP contribution in [0.1, 0.15) is 31.4 Å². The van der Waals surface area contributed by atoms with E-state index in [1.54, 1.807) is 19.1 Å². The summed E-state index contributed by atoms with van der Waals surface area (Å²) in [6, 6.07) is 8.07. The molecule has 146 valence electrons. The van der Waals surface area contributed by atoms with Crippen molar-refractivity contribution < 1.29 is 27.8 Å². The number of carboxylic acids is 1. The summed E-state index contributed by atoms with van der Waals surface area (Å²) >= 11 is 7.12. The Morgan fingerprint density at radius 2 is 1.96 bits per heavy atom. The van der Waals surface area contributed by atoms with Gasteiger partial charge in [-0.25, -0.2) is 0 Å². The second kappa shape index (κ2) is 8.89. The van der Waals surface area contributed by atoms with E-state index in [-0.39, 0.29) is 10.8 Å². The summed E-state index contributed by atoms with van der Waals surface area (Å²) in [5, 5.41) is 8.33. The Labute approximate surface area is 164 Å². The highest BCUT2D eigenvalue weighted by Gasteiger charge is 2.31. The number of ether oxygens (including phenoxy) is 1. The van der Waals surface area contributed by atoms with Crippen LogP contribution < -0.4 is 4.74 Å². The number of hydrogen-bond acceptors (Lipinski definition) is 3. The normalized spacial score (nSPS) is 12.7. The minimum absolute atomic E-state index is 0.0927. The van der Waals surface area contributed by atoms with Crippen molar-refractivity contribution in [3.63, 3.8) is 0 Å². The van der Waals surface area contributed by atoms with E-state index in [1.165, 1.54) is 11.8 Å². The van der Waals surface area contributed by atoms with Gasteiger partial charge in [0.1, 0.15) is 16.7 Å². The fourth-order valence-electron chi connectivity index (χ4n) is 2.31. The molecule has 0 aliphatic carbocycles. The molecule has 0 saturated heterocycles. The third kappa shape index (κ3) is 5.81. The van der Waals surface area contributed by atoms with Crippen molar-refractivity contribution in [1.82, 2.24) is 0 Å². The van der Waals surface area contributed by atoms with Gasteiger partial charge in [-0.3, -0.25) is 4.79 Å². The molecule has 2 rings (SSSR count). The van der Waals surface area contributed by atoms with Crippen molar-refractivity contribution in [3.05, 3.63) is 52.5 Å². The molecule has 0 saturated carbocycles. The number of benzene rings is 2. The zero-order valence-electron chi connectivity index (χ0n) is 14.6. The molecule has 0 bridgehead atoms. The molecule has 1 unspecified atom stereocenters. The number of alkyl halides is 3. The maximum absolute atomic E-state index is 12.7. The maximum Gasteiger partial charge on any atom is 0.416 e. The summed E-state index contributed by atoms with van der Waals surface area (Å²) in [6.45, 7) is 3.60. The number of carboxylic acid groups (broad SMARTS) is 1. The third-order valence-corrected chi connectivity index (χ3v) is 5.18. The van der Waals surface area contributed by atoms with Crippen LogP contribution in [-0.2, 0) is 17.4 Å². The molecule has 0 amide bonds. The number of aliphatic carboxylic acids is 1. The van der Waals surface area contributed by atoms with Gasteiger partial charge in [0.05, 0.1) is 10.6 Å². The fourth-order valence-corrected chi connectivity index (χ4v) is 3.52. The lowest BCUT2D eigenvalue weighted by Gasteiger charge is -2.15. The highest BCUT2D eigenvalue weighted by atomic mass is 35.5. The molecule has 0 spiro atoms. The molecule has 2 aromatic carbocycles. The summed E-state index contributed by atoms with van der Waals surface area (Å²) in [6.07, 6.45) is -2.82. The van der Waals surface area contributed by atoms with Crippen molar-refractivity contribution in [2.45, 2.75) is 43.0 Å². The minimum Gasteiger partial charge on any atom is -0.480 e. The van der Waals surface area contributed by atoms with E-state index in [4.69, 9.17) is 21.4 Å². The topological polar surface area (TPSA) is 46.5 Å². The van der Waals surface area contributed by atoms with E-state index in [0.29, 0.717) is 5.75 Å². The first-order chi connectivity index (χ1) is 12.6. The molecule has 0 fully saturated rings. The number of halogens is 4. The molecule has 27 heavy (non-hydrogen) atoms. The van der Waals surface area contributed by atoms with Crippen LogP contribution in [0, 0.1) is 0 Å². The molecule has 0 radical (unpaired) electrons. The zero-order chi connectivity index (χ0) is 20.2. The molecule has 0 aliphatic rings. The number of thioether (sulfide) groups is 1. The van der Waals surface area contributed by atoms with Crippen LogP contribution in [0.4, 0.5) is 13.2 Å². The van der Waals surface area contributed by atoms with E-state index in [0.717, 1.165) is 41.5 Å². The van der Waals surface area contributed by atoms with Crippen molar-refractivity contribution in [3.8, 4) is 11.5 Å². The quantitative estimate of drug-likeness (QED) is 0.510. The van der Waals surface area contributed by atoms with Gasteiger partial charge in [-0.1, -0.05) is 31.0 Å². The van der Waals surface area contributed by atoms with Crippen molar-refractivity contribution >= 4 is 29.3 Å². The standard InChI is InChI=1S/C19H18ClF3O3S/c1-3-4-12-5-7-14(10-17(12)27-11(2)18(24)25)26-16-8-6-13(9-15(16)20)19(21,22)23/h5-11H,3-4H2,1-2H3,(H,24,25). The Balaban J connectivity index is 2.30. The predicted molar refractivity (Wildman–Crippen MR) is 99.9 cm³/mol. The number of hydrogen-bond donors (Lipinski definition) is 1. The average Bonchev–Trinajstić information content (AvgIpc) is 2.58. The summed E-state index contributed by atoms with van der Waals surface area (Å²) in [7, 11) is 0. The molecule has 3 nitrogen and oxygen atoms in total. The lowest BCUT2D eigenvalue weighted by molar-refractivity contribution is -0.138. The first kappa shape index (κ1) is 21.4. The van der Waals surface area contributed by atoms with Crippen LogP contribution >= 0.6 is 23.4 Å². The van der Waals surface area contributed by atoms with E-state index in [9.17, 15) is 18.0 Å². The fraction of sp³-hybridized carbons (Fsp3) is 0.316. The van der Waals surface area contributed by atoms with Gasteiger partial charge < -0.3 is 9.84 Å². The molecule has 2 aromatic rings. The largest absolute Gasteiger partial charge is 0.480 e. The van der Waals surface area contributed by atoms with Crippen LogP contribution in [0.25, 0.3) is 0 Å². The van der Waals surface area contributed by atoms with Gasteiger partial charge in [0.25, 0.3) is 0 Å². The Kier molecular flexibility index (Phi) is 7.06. The molecule has 1 N–H and O–H groups in total. The van der Waals surface area contributed by atoms with E-state index < -0.39 is 23.0 Å². The second-order valence-corrected chi connectivity index (χ2v) is 7.65. The number of carbonyl (C=O) groups is 1. The molecule has 0 aromatic heterocycles. The summed E-state index contributed by atoms with van der Waals surface area (Å²) < 4.78 is 43.8. The Hall–Kier alpha value is -1.86. The lowest BCUT2D eigenvalue weighted by Crippen LogP contribution is -2.11. The first-order valence-corrected chi connectivity index (χ1v) is 9.44. The molecular weight excluding hydrogens is 401 g/mol. The lowest BCUT2D eigenvalue weighted by atomic mass is 10.1. The van der Waals surface area contributed by atoms with Gasteiger partial charge in [-0.2, -0.15) is 13.2 Å². The Bertz CT molecular complexity index is 824. The van der Waals surface area contributed by atoms with E-state index in [2.05, 4.69) is 0 Å².